The van der Waals surface area contributed by atoms with Crippen LogP contribution in [0.15, 0.2) is 22.6 Å². The lowest BCUT2D eigenvalue weighted by Gasteiger charge is -2.18. The second-order valence-corrected chi connectivity index (χ2v) is 9.18. The van der Waals surface area contributed by atoms with Crippen molar-refractivity contribution in [2.45, 2.75) is 57.0 Å². The highest BCUT2D eigenvalue weighted by Crippen LogP contribution is 2.36. The molecule has 2 atom stereocenters. The maximum absolute atomic E-state index is 13.2. The first kappa shape index (κ1) is 19.2. The highest BCUT2D eigenvalue weighted by Gasteiger charge is 2.25. The molecule has 5 nitrogen and oxygen atoms in total. The second kappa shape index (κ2) is 7.96. The number of carbonyl (C=O) groups excluding carboxylic acids is 1. The number of thioether (sulfide) groups is 1. The smallest absolute Gasteiger partial charge is 0.263 e. The third-order valence-corrected chi connectivity index (χ3v) is 6.93. The van der Waals surface area contributed by atoms with Crippen LogP contribution in [-0.2, 0) is 24.2 Å². The SMILES string of the molecule is C=CCn1c(S[C@H](C)C(=O)NCC)nc2sc3c(c2c1=O)CC[C@@H](C)C3. The van der Waals surface area contributed by atoms with E-state index in [0.29, 0.717) is 24.2 Å². The van der Waals surface area contributed by atoms with Crippen LogP contribution >= 0.6 is 23.1 Å². The van der Waals surface area contributed by atoms with E-state index in [-0.39, 0.29) is 16.7 Å². The van der Waals surface area contributed by atoms with Gasteiger partial charge in [-0.25, -0.2) is 4.98 Å². The van der Waals surface area contributed by atoms with Crippen LogP contribution < -0.4 is 10.9 Å². The summed E-state index contributed by atoms with van der Waals surface area (Å²) in [5, 5.41) is 3.87. The molecule has 1 aliphatic carbocycles. The number of hydrogen-bond donors (Lipinski definition) is 1. The van der Waals surface area contributed by atoms with Crippen molar-refractivity contribution in [3.63, 3.8) is 0 Å². The molecule has 2 heterocycles. The molecule has 1 aliphatic rings. The van der Waals surface area contributed by atoms with Crippen LogP contribution in [0, 0.1) is 5.92 Å². The van der Waals surface area contributed by atoms with E-state index in [9.17, 15) is 9.59 Å². The topological polar surface area (TPSA) is 64.0 Å². The van der Waals surface area contributed by atoms with Gasteiger partial charge in [0, 0.05) is 18.0 Å². The summed E-state index contributed by atoms with van der Waals surface area (Å²) in [6.07, 6.45) is 4.79. The molecule has 0 spiro atoms. The lowest BCUT2D eigenvalue weighted by Crippen LogP contribution is -2.31. The maximum atomic E-state index is 13.2. The molecule has 0 saturated carbocycles. The van der Waals surface area contributed by atoms with Crippen molar-refractivity contribution in [3.8, 4) is 0 Å². The minimum Gasteiger partial charge on any atom is -0.355 e. The number of amides is 1. The molecular formula is C19H25N3O2S2. The number of nitrogens with zero attached hydrogens (tertiary/aromatic N) is 2. The molecule has 0 radical (unpaired) electrons. The summed E-state index contributed by atoms with van der Waals surface area (Å²) in [6, 6.07) is 0. The number of allylic oxidation sites excluding steroid dienone is 1. The molecule has 7 heteroatoms. The van der Waals surface area contributed by atoms with Gasteiger partial charge in [-0.05, 0) is 44.6 Å². The Hall–Kier alpha value is -1.60. The quantitative estimate of drug-likeness (QED) is 0.466. The van der Waals surface area contributed by atoms with Gasteiger partial charge in [-0.3, -0.25) is 14.2 Å². The minimum absolute atomic E-state index is 0.00690. The lowest BCUT2D eigenvalue weighted by atomic mass is 9.89. The summed E-state index contributed by atoms with van der Waals surface area (Å²) in [6.45, 7) is 10.7. The fourth-order valence-corrected chi connectivity index (χ4v) is 5.68. The molecular weight excluding hydrogens is 366 g/mol. The van der Waals surface area contributed by atoms with E-state index in [0.717, 1.165) is 29.5 Å². The molecule has 3 rings (SSSR count). The third-order valence-electron chi connectivity index (χ3n) is 4.69. The summed E-state index contributed by atoms with van der Waals surface area (Å²) in [5.74, 6) is 0.605. The number of nitrogens with one attached hydrogen (secondary N) is 1. The lowest BCUT2D eigenvalue weighted by molar-refractivity contribution is -0.120. The summed E-state index contributed by atoms with van der Waals surface area (Å²) in [5.41, 5.74) is 1.18. The van der Waals surface area contributed by atoms with Crippen molar-refractivity contribution in [3.05, 3.63) is 33.4 Å². The van der Waals surface area contributed by atoms with Crippen molar-refractivity contribution in [2.75, 3.05) is 6.54 Å². The molecule has 2 aromatic rings. The number of aromatic nitrogens is 2. The van der Waals surface area contributed by atoms with Gasteiger partial charge >= 0.3 is 0 Å². The Labute approximate surface area is 161 Å². The number of hydrogen-bond acceptors (Lipinski definition) is 5. The first-order valence-corrected chi connectivity index (χ1v) is 10.8. The molecule has 0 saturated heterocycles. The van der Waals surface area contributed by atoms with Crippen molar-refractivity contribution in [1.82, 2.24) is 14.9 Å². The Kier molecular flexibility index (Phi) is 5.87. The molecule has 2 aromatic heterocycles. The number of rotatable bonds is 6. The van der Waals surface area contributed by atoms with E-state index in [1.54, 1.807) is 22.0 Å². The van der Waals surface area contributed by atoms with Crippen molar-refractivity contribution < 1.29 is 4.79 Å². The number of thiophene rings is 1. The predicted octanol–water partition coefficient (Wildman–Crippen LogP) is 3.39. The second-order valence-electron chi connectivity index (χ2n) is 6.79. The number of fused-ring (bicyclic) bond motifs is 3. The summed E-state index contributed by atoms with van der Waals surface area (Å²) in [7, 11) is 0. The average molecular weight is 392 g/mol. The first-order valence-electron chi connectivity index (χ1n) is 9.06. The maximum Gasteiger partial charge on any atom is 0.263 e. The van der Waals surface area contributed by atoms with Gasteiger partial charge in [0.15, 0.2) is 5.16 Å². The zero-order valence-corrected chi connectivity index (χ0v) is 17.1. The van der Waals surface area contributed by atoms with Crippen LogP contribution in [-0.4, -0.2) is 27.3 Å². The molecule has 0 unspecified atom stereocenters. The average Bonchev–Trinajstić information content (AvgIpc) is 2.95. The highest BCUT2D eigenvalue weighted by atomic mass is 32.2. The summed E-state index contributed by atoms with van der Waals surface area (Å²) in [4.78, 5) is 32.2. The number of aryl methyl sites for hydroxylation is 1. The Morgan fingerprint density at radius 2 is 2.35 bits per heavy atom. The monoisotopic (exact) mass is 391 g/mol. The van der Waals surface area contributed by atoms with E-state index in [1.807, 2.05) is 13.8 Å². The van der Waals surface area contributed by atoms with Crippen molar-refractivity contribution in [1.29, 1.82) is 0 Å². The molecule has 26 heavy (non-hydrogen) atoms. The Morgan fingerprint density at radius 3 is 3.04 bits per heavy atom. The van der Waals surface area contributed by atoms with Gasteiger partial charge in [0.25, 0.3) is 5.56 Å². The minimum atomic E-state index is -0.315. The van der Waals surface area contributed by atoms with E-state index in [1.165, 1.54) is 22.2 Å². The van der Waals surface area contributed by atoms with Gasteiger partial charge in [-0.1, -0.05) is 24.8 Å². The standard InChI is InChI=1S/C19H25N3O2S2/c1-5-9-22-18(24)15-13-8-7-11(3)10-14(13)26-17(15)21-19(22)25-12(4)16(23)20-6-2/h5,11-12H,1,6-10H2,2-4H3,(H,20,23)/t11-,12-/m1/s1. The molecule has 0 aromatic carbocycles. The third kappa shape index (κ3) is 3.60. The van der Waals surface area contributed by atoms with Crippen LogP contribution in [0.3, 0.4) is 0 Å². The highest BCUT2D eigenvalue weighted by molar-refractivity contribution is 8.00. The molecule has 0 fully saturated rings. The molecule has 140 valence electrons. The molecule has 0 bridgehead atoms. The first-order chi connectivity index (χ1) is 12.5. The summed E-state index contributed by atoms with van der Waals surface area (Å²) < 4.78 is 1.65. The van der Waals surface area contributed by atoms with E-state index in [2.05, 4.69) is 18.8 Å². The van der Waals surface area contributed by atoms with Crippen LogP contribution in [0.25, 0.3) is 10.2 Å². The zero-order valence-electron chi connectivity index (χ0n) is 15.5. The number of carbonyl (C=O) groups is 1. The van der Waals surface area contributed by atoms with Crippen molar-refractivity contribution >= 4 is 39.2 Å². The molecule has 1 amide bonds. The fraction of sp³-hybridized carbons (Fsp3) is 0.526. The largest absolute Gasteiger partial charge is 0.355 e. The Balaban J connectivity index is 2.08. The van der Waals surface area contributed by atoms with Crippen LogP contribution in [0.1, 0.15) is 37.6 Å². The van der Waals surface area contributed by atoms with Crippen LogP contribution in [0.5, 0.6) is 0 Å². The Bertz CT molecular complexity index is 900. The van der Waals surface area contributed by atoms with Crippen LogP contribution in [0.4, 0.5) is 0 Å². The van der Waals surface area contributed by atoms with Gasteiger partial charge in [0.2, 0.25) is 5.91 Å². The summed E-state index contributed by atoms with van der Waals surface area (Å²) >= 11 is 2.97. The van der Waals surface area contributed by atoms with E-state index in [4.69, 9.17) is 4.98 Å². The predicted molar refractivity (Wildman–Crippen MR) is 109 cm³/mol. The van der Waals surface area contributed by atoms with Gasteiger partial charge in [-0.2, -0.15) is 0 Å². The van der Waals surface area contributed by atoms with Crippen LogP contribution in [0.2, 0.25) is 0 Å². The molecule has 0 aliphatic heterocycles. The van der Waals surface area contributed by atoms with E-state index >= 15 is 0 Å². The van der Waals surface area contributed by atoms with Gasteiger partial charge in [-0.15, -0.1) is 17.9 Å². The van der Waals surface area contributed by atoms with E-state index < -0.39 is 0 Å². The van der Waals surface area contributed by atoms with Gasteiger partial charge in [0.05, 0.1) is 10.6 Å². The van der Waals surface area contributed by atoms with Gasteiger partial charge < -0.3 is 5.32 Å². The zero-order chi connectivity index (χ0) is 18.8. The Morgan fingerprint density at radius 1 is 1.58 bits per heavy atom. The normalized spacial score (nSPS) is 17.7. The molecule has 1 N–H and O–H groups in total. The van der Waals surface area contributed by atoms with Gasteiger partial charge in [0.1, 0.15) is 4.83 Å². The van der Waals surface area contributed by atoms with Crippen molar-refractivity contribution in [2.24, 2.45) is 5.92 Å². The fourth-order valence-electron chi connectivity index (χ4n) is 3.31.